The van der Waals surface area contributed by atoms with Crippen molar-refractivity contribution in [2.24, 2.45) is 0 Å². The lowest BCUT2D eigenvalue weighted by Gasteiger charge is -2.42. The van der Waals surface area contributed by atoms with Crippen LogP contribution >= 0.6 is 0 Å². The second-order valence-electron chi connectivity index (χ2n) is 3.49. The van der Waals surface area contributed by atoms with Gasteiger partial charge < -0.3 is 5.32 Å². The molecule has 0 atom stereocenters. The molecule has 0 aliphatic heterocycles. The third-order valence-corrected chi connectivity index (χ3v) is 2.85. The third-order valence-electron chi connectivity index (χ3n) is 2.85. The van der Waals surface area contributed by atoms with Crippen molar-refractivity contribution in [1.29, 1.82) is 0 Å². The van der Waals surface area contributed by atoms with Crippen molar-refractivity contribution in [2.75, 3.05) is 7.05 Å². The van der Waals surface area contributed by atoms with Crippen LogP contribution in [0.1, 0.15) is 45.4 Å². The second kappa shape index (κ2) is 3.38. The van der Waals surface area contributed by atoms with E-state index in [-0.39, 0.29) is 0 Å². The van der Waals surface area contributed by atoms with Crippen molar-refractivity contribution in [2.45, 2.75) is 51.0 Å². The lowest BCUT2D eigenvalue weighted by Crippen LogP contribution is -2.48. The van der Waals surface area contributed by atoms with Crippen LogP contribution in [0.2, 0.25) is 0 Å². The first-order valence-corrected chi connectivity index (χ1v) is 4.52. The van der Waals surface area contributed by atoms with Crippen LogP contribution in [0.3, 0.4) is 0 Å². The van der Waals surface area contributed by atoms with E-state index in [0.717, 1.165) is 0 Å². The Bertz CT molecular complexity index is 89.4. The van der Waals surface area contributed by atoms with Crippen molar-refractivity contribution < 1.29 is 0 Å². The van der Waals surface area contributed by atoms with Gasteiger partial charge in [0.15, 0.2) is 0 Å². The van der Waals surface area contributed by atoms with Gasteiger partial charge in [-0.1, -0.05) is 19.8 Å². The van der Waals surface area contributed by atoms with Gasteiger partial charge in [-0.05, 0) is 32.7 Å². The highest BCUT2D eigenvalue weighted by atomic mass is 15.0. The fourth-order valence-electron chi connectivity index (χ4n) is 1.74. The van der Waals surface area contributed by atoms with E-state index in [4.69, 9.17) is 0 Å². The van der Waals surface area contributed by atoms with Gasteiger partial charge >= 0.3 is 0 Å². The molecule has 0 aromatic heterocycles. The van der Waals surface area contributed by atoms with Crippen LogP contribution in [0.25, 0.3) is 0 Å². The van der Waals surface area contributed by atoms with E-state index in [0.29, 0.717) is 5.54 Å². The van der Waals surface area contributed by atoms with Crippen LogP contribution in [0.5, 0.6) is 0 Å². The Labute approximate surface area is 64.2 Å². The summed E-state index contributed by atoms with van der Waals surface area (Å²) in [5.74, 6) is 0. The van der Waals surface area contributed by atoms with Crippen LogP contribution in [-0.2, 0) is 0 Å². The minimum Gasteiger partial charge on any atom is -0.314 e. The Morgan fingerprint density at radius 2 is 2.10 bits per heavy atom. The fourth-order valence-corrected chi connectivity index (χ4v) is 1.74. The van der Waals surface area contributed by atoms with Crippen LogP contribution in [-0.4, -0.2) is 12.6 Å². The van der Waals surface area contributed by atoms with Crippen LogP contribution in [0.15, 0.2) is 0 Å². The zero-order valence-corrected chi connectivity index (χ0v) is 7.24. The van der Waals surface area contributed by atoms with E-state index in [1.807, 2.05) is 0 Å². The molecule has 1 rings (SSSR count). The van der Waals surface area contributed by atoms with Gasteiger partial charge in [0.05, 0.1) is 0 Å². The highest BCUT2D eigenvalue weighted by Crippen LogP contribution is 2.35. The first-order valence-electron chi connectivity index (χ1n) is 4.52. The highest BCUT2D eigenvalue weighted by molar-refractivity contribution is 4.94. The number of hydrogen-bond acceptors (Lipinski definition) is 1. The molecule has 0 saturated heterocycles. The smallest absolute Gasteiger partial charge is 0.0178 e. The highest BCUT2D eigenvalue weighted by Gasteiger charge is 2.33. The van der Waals surface area contributed by atoms with Crippen molar-refractivity contribution in [3.8, 4) is 0 Å². The van der Waals surface area contributed by atoms with Crippen LogP contribution < -0.4 is 5.32 Å². The molecule has 0 heterocycles. The van der Waals surface area contributed by atoms with Gasteiger partial charge in [0.25, 0.3) is 0 Å². The van der Waals surface area contributed by atoms with Gasteiger partial charge in [-0.15, -0.1) is 0 Å². The summed E-state index contributed by atoms with van der Waals surface area (Å²) in [7, 11) is 2.11. The standard InChI is InChI=1S/C9H19N/c1-3-4-6-9(10-2)7-5-8-9/h10H,3-8H2,1-2H3. The SMILES string of the molecule is CCCCC1(NC)CCC1. The molecule has 1 fully saturated rings. The van der Waals surface area contributed by atoms with Gasteiger partial charge in [-0.25, -0.2) is 0 Å². The summed E-state index contributed by atoms with van der Waals surface area (Å²) >= 11 is 0. The van der Waals surface area contributed by atoms with E-state index in [1.165, 1.54) is 38.5 Å². The van der Waals surface area contributed by atoms with E-state index >= 15 is 0 Å². The van der Waals surface area contributed by atoms with E-state index in [1.54, 1.807) is 0 Å². The predicted molar refractivity (Wildman–Crippen MR) is 45.2 cm³/mol. The minimum atomic E-state index is 0.565. The van der Waals surface area contributed by atoms with Crippen molar-refractivity contribution >= 4 is 0 Å². The molecule has 0 bridgehead atoms. The molecule has 1 N–H and O–H groups in total. The summed E-state index contributed by atoms with van der Waals surface area (Å²) < 4.78 is 0. The molecular formula is C9H19N. The fraction of sp³-hybridized carbons (Fsp3) is 1.00. The number of unbranched alkanes of at least 4 members (excludes halogenated alkanes) is 1. The Hall–Kier alpha value is -0.0400. The van der Waals surface area contributed by atoms with Crippen molar-refractivity contribution in [3.05, 3.63) is 0 Å². The maximum atomic E-state index is 3.45. The zero-order chi connectivity index (χ0) is 7.45. The lowest BCUT2D eigenvalue weighted by molar-refractivity contribution is 0.179. The second-order valence-corrected chi connectivity index (χ2v) is 3.49. The Morgan fingerprint density at radius 1 is 1.40 bits per heavy atom. The maximum Gasteiger partial charge on any atom is 0.0178 e. The number of nitrogens with one attached hydrogen (secondary N) is 1. The largest absolute Gasteiger partial charge is 0.314 e. The molecule has 0 spiro atoms. The molecule has 0 amide bonds. The average molecular weight is 141 g/mol. The van der Waals surface area contributed by atoms with Crippen molar-refractivity contribution in [3.63, 3.8) is 0 Å². The molecule has 60 valence electrons. The molecule has 0 aromatic carbocycles. The first kappa shape index (κ1) is 8.06. The quantitative estimate of drug-likeness (QED) is 0.633. The van der Waals surface area contributed by atoms with Gasteiger partial charge in [0.2, 0.25) is 0 Å². The predicted octanol–water partition coefficient (Wildman–Crippen LogP) is 2.32. The molecule has 1 saturated carbocycles. The topological polar surface area (TPSA) is 12.0 Å². The third kappa shape index (κ3) is 1.51. The zero-order valence-electron chi connectivity index (χ0n) is 7.24. The number of hydrogen-bond donors (Lipinski definition) is 1. The molecule has 1 aliphatic carbocycles. The van der Waals surface area contributed by atoms with Gasteiger partial charge in [-0.2, -0.15) is 0 Å². The van der Waals surface area contributed by atoms with Crippen LogP contribution in [0.4, 0.5) is 0 Å². The summed E-state index contributed by atoms with van der Waals surface area (Å²) in [6, 6.07) is 0. The molecule has 1 aliphatic rings. The van der Waals surface area contributed by atoms with Crippen molar-refractivity contribution in [1.82, 2.24) is 5.32 Å². The monoisotopic (exact) mass is 141 g/mol. The van der Waals surface area contributed by atoms with E-state index in [9.17, 15) is 0 Å². The Kier molecular flexibility index (Phi) is 2.72. The van der Waals surface area contributed by atoms with Gasteiger partial charge in [0.1, 0.15) is 0 Å². The molecule has 1 nitrogen and oxygen atoms in total. The number of rotatable bonds is 4. The Balaban J connectivity index is 2.20. The molecule has 0 aromatic rings. The summed E-state index contributed by atoms with van der Waals surface area (Å²) in [5.41, 5.74) is 0.565. The van der Waals surface area contributed by atoms with Gasteiger partial charge in [-0.3, -0.25) is 0 Å². The molecule has 1 heteroatoms. The molecule has 0 radical (unpaired) electrons. The summed E-state index contributed by atoms with van der Waals surface area (Å²) in [4.78, 5) is 0. The summed E-state index contributed by atoms with van der Waals surface area (Å²) in [6.07, 6.45) is 8.36. The first-order chi connectivity index (χ1) is 4.83. The lowest BCUT2D eigenvalue weighted by atomic mass is 9.73. The molecular weight excluding hydrogens is 122 g/mol. The Morgan fingerprint density at radius 3 is 2.40 bits per heavy atom. The van der Waals surface area contributed by atoms with E-state index < -0.39 is 0 Å². The maximum absolute atomic E-state index is 3.45. The summed E-state index contributed by atoms with van der Waals surface area (Å²) in [5, 5.41) is 3.45. The van der Waals surface area contributed by atoms with Crippen LogP contribution in [0, 0.1) is 0 Å². The minimum absolute atomic E-state index is 0.565. The normalized spacial score (nSPS) is 22.2. The molecule has 0 unspecified atom stereocenters. The van der Waals surface area contributed by atoms with E-state index in [2.05, 4.69) is 19.3 Å². The summed E-state index contributed by atoms with van der Waals surface area (Å²) in [6.45, 7) is 2.27. The average Bonchev–Trinajstić information content (AvgIpc) is 1.87. The molecule has 10 heavy (non-hydrogen) atoms. The van der Waals surface area contributed by atoms with Gasteiger partial charge in [0, 0.05) is 5.54 Å².